The van der Waals surface area contributed by atoms with Crippen molar-refractivity contribution in [3.8, 4) is 0 Å². The second-order valence-corrected chi connectivity index (χ2v) is 8.05. The normalized spacial score (nSPS) is 17.6. The van der Waals surface area contributed by atoms with Crippen LogP contribution in [0.4, 0.5) is 13.2 Å². The van der Waals surface area contributed by atoms with Gasteiger partial charge < -0.3 is 0 Å². The van der Waals surface area contributed by atoms with Gasteiger partial charge in [0.25, 0.3) is 0 Å². The molecule has 0 amide bonds. The van der Waals surface area contributed by atoms with E-state index in [1.54, 1.807) is 0 Å². The molecule has 3 rings (SSSR count). The molecule has 0 saturated heterocycles. The summed E-state index contributed by atoms with van der Waals surface area (Å²) in [7, 11) is 0. The van der Waals surface area contributed by atoms with Gasteiger partial charge in [0.2, 0.25) is 0 Å². The van der Waals surface area contributed by atoms with Crippen LogP contribution in [0, 0.1) is 20.8 Å². The topological polar surface area (TPSA) is 21.6 Å². The van der Waals surface area contributed by atoms with Gasteiger partial charge in [-0.3, -0.25) is 0 Å². The number of oxime groups is 1. The molecule has 0 spiro atoms. The van der Waals surface area contributed by atoms with E-state index in [0.29, 0.717) is 0 Å². The zero-order chi connectivity index (χ0) is 17.5. The number of aryl methyl sites for hydroxylation is 3. The van der Waals surface area contributed by atoms with Crippen LogP contribution in [-0.4, -0.2) is 19.6 Å². The van der Waals surface area contributed by atoms with Gasteiger partial charge in [-0.05, 0) is 0 Å². The maximum absolute atomic E-state index is 12.7. The second-order valence-electron chi connectivity index (χ2n) is 5.85. The molecule has 2 aromatic rings. The molecule has 0 aromatic heterocycles. The Morgan fingerprint density at radius 2 is 1.58 bits per heavy atom. The fourth-order valence-corrected chi connectivity index (χ4v) is 5.14. The summed E-state index contributed by atoms with van der Waals surface area (Å²) in [4.78, 5) is 5.51. The summed E-state index contributed by atoms with van der Waals surface area (Å²) >= 11 is -0.0927. The molecule has 0 aliphatic carbocycles. The van der Waals surface area contributed by atoms with Gasteiger partial charge in [0.05, 0.1) is 0 Å². The van der Waals surface area contributed by atoms with Crippen LogP contribution in [0.2, 0.25) is 0 Å². The summed E-state index contributed by atoms with van der Waals surface area (Å²) in [5.74, 6) is 0. The Labute approximate surface area is 144 Å². The SMILES string of the molecule is Cc1cc(C)c(C2=NOC(c3ccc(C(F)(F)F)cc3)[Se]2)c(C)c1. The van der Waals surface area contributed by atoms with Gasteiger partial charge in [0, 0.05) is 0 Å². The third-order valence-corrected chi connectivity index (χ3v) is 6.10. The molecule has 0 fully saturated rings. The molecule has 2 nitrogen and oxygen atoms in total. The van der Waals surface area contributed by atoms with E-state index < -0.39 is 11.7 Å². The first-order chi connectivity index (χ1) is 11.3. The summed E-state index contributed by atoms with van der Waals surface area (Å²) in [5, 5.41) is 3.93. The van der Waals surface area contributed by atoms with Crippen LogP contribution in [0.1, 0.15) is 38.4 Å². The van der Waals surface area contributed by atoms with Crippen LogP contribution in [0.25, 0.3) is 0 Å². The molecular formula is C18H16F3NOSe. The van der Waals surface area contributed by atoms with Gasteiger partial charge in [-0.1, -0.05) is 0 Å². The molecule has 0 N–H and O–H groups in total. The standard InChI is InChI=1S/C18H16F3NOSe/c1-10-8-11(2)15(12(3)9-10)16-22-23-17(24-16)13-4-6-14(7-5-13)18(19,20)21/h4-9,17H,1-3H3. The van der Waals surface area contributed by atoms with Gasteiger partial charge in [-0.25, -0.2) is 0 Å². The van der Waals surface area contributed by atoms with E-state index in [1.807, 2.05) is 20.8 Å². The third-order valence-electron chi connectivity index (χ3n) is 3.85. The van der Waals surface area contributed by atoms with E-state index in [4.69, 9.17) is 4.84 Å². The van der Waals surface area contributed by atoms with Crippen molar-refractivity contribution in [2.75, 3.05) is 0 Å². The third kappa shape index (κ3) is 3.35. The van der Waals surface area contributed by atoms with E-state index in [2.05, 4.69) is 17.3 Å². The van der Waals surface area contributed by atoms with Crippen molar-refractivity contribution in [2.24, 2.45) is 5.16 Å². The minimum absolute atomic E-state index is 0.0927. The van der Waals surface area contributed by atoms with Gasteiger partial charge in [0.1, 0.15) is 0 Å². The van der Waals surface area contributed by atoms with Gasteiger partial charge in [0.15, 0.2) is 0 Å². The van der Waals surface area contributed by atoms with Crippen molar-refractivity contribution in [1.29, 1.82) is 0 Å². The van der Waals surface area contributed by atoms with Crippen molar-refractivity contribution in [3.05, 3.63) is 69.8 Å². The number of hydrogen-bond acceptors (Lipinski definition) is 2. The molecule has 1 aliphatic heterocycles. The van der Waals surface area contributed by atoms with Crippen LogP contribution in [0.3, 0.4) is 0 Å². The Morgan fingerprint density at radius 1 is 1.00 bits per heavy atom. The predicted molar refractivity (Wildman–Crippen MR) is 88.2 cm³/mol. The molecule has 1 unspecified atom stereocenters. The maximum atomic E-state index is 12.7. The van der Waals surface area contributed by atoms with Crippen molar-refractivity contribution < 1.29 is 18.0 Å². The molecule has 24 heavy (non-hydrogen) atoms. The Hall–Kier alpha value is -1.78. The Balaban J connectivity index is 1.80. The van der Waals surface area contributed by atoms with E-state index >= 15 is 0 Å². The fourth-order valence-electron chi connectivity index (χ4n) is 2.82. The molecule has 0 radical (unpaired) electrons. The van der Waals surface area contributed by atoms with Crippen molar-refractivity contribution in [2.45, 2.75) is 31.9 Å². The Bertz CT molecular complexity index is 774. The van der Waals surface area contributed by atoms with E-state index in [0.717, 1.165) is 39.0 Å². The average molecular weight is 398 g/mol. The molecule has 2 aromatic carbocycles. The monoisotopic (exact) mass is 399 g/mol. The van der Waals surface area contributed by atoms with Crippen LogP contribution in [0.5, 0.6) is 0 Å². The summed E-state index contributed by atoms with van der Waals surface area (Å²) in [5.41, 5.74) is 4.65. The van der Waals surface area contributed by atoms with E-state index in [1.165, 1.54) is 17.7 Å². The van der Waals surface area contributed by atoms with Crippen LogP contribution in [0.15, 0.2) is 41.6 Å². The Kier molecular flexibility index (Phi) is 4.45. The zero-order valence-electron chi connectivity index (χ0n) is 13.4. The van der Waals surface area contributed by atoms with Crippen LogP contribution >= 0.6 is 0 Å². The quantitative estimate of drug-likeness (QED) is 0.671. The van der Waals surface area contributed by atoms with Gasteiger partial charge >= 0.3 is 144 Å². The first-order valence-electron chi connectivity index (χ1n) is 7.41. The number of halogens is 3. The molecule has 0 saturated carbocycles. The number of alkyl halides is 3. The fraction of sp³-hybridized carbons (Fsp3) is 0.278. The molecule has 6 heteroatoms. The first-order valence-corrected chi connectivity index (χ1v) is 9.26. The summed E-state index contributed by atoms with van der Waals surface area (Å²) < 4.78 is 38.9. The van der Waals surface area contributed by atoms with E-state index in [9.17, 15) is 13.2 Å². The van der Waals surface area contributed by atoms with Crippen LogP contribution < -0.4 is 0 Å². The van der Waals surface area contributed by atoms with Crippen molar-refractivity contribution in [1.82, 2.24) is 0 Å². The second kappa shape index (κ2) is 6.26. The van der Waals surface area contributed by atoms with Crippen molar-refractivity contribution >= 4 is 19.6 Å². The summed E-state index contributed by atoms with van der Waals surface area (Å²) in [6.45, 7) is 6.13. The summed E-state index contributed by atoms with van der Waals surface area (Å²) in [6.07, 6.45) is -4.32. The number of nitrogens with zero attached hydrogens (tertiary/aromatic N) is 1. The van der Waals surface area contributed by atoms with Crippen LogP contribution in [-0.2, 0) is 11.0 Å². The summed E-state index contributed by atoms with van der Waals surface area (Å²) in [6, 6.07) is 9.34. The predicted octanol–water partition coefficient (Wildman–Crippen LogP) is 4.73. The number of benzene rings is 2. The van der Waals surface area contributed by atoms with Crippen molar-refractivity contribution in [3.63, 3.8) is 0 Å². The number of hydrogen-bond donors (Lipinski definition) is 0. The Morgan fingerprint density at radius 3 is 2.12 bits per heavy atom. The van der Waals surface area contributed by atoms with E-state index in [-0.39, 0.29) is 20.0 Å². The van der Waals surface area contributed by atoms with Gasteiger partial charge in [-0.15, -0.1) is 0 Å². The average Bonchev–Trinajstić information content (AvgIpc) is 2.95. The molecule has 0 bridgehead atoms. The first kappa shape index (κ1) is 17.1. The molecule has 1 aliphatic rings. The molecule has 126 valence electrons. The minimum atomic E-state index is -4.32. The van der Waals surface area contributed by atoms with Gasteiger partial charge in [-0.2, -0.15) is 0 Å². The molecule has 1 heterocycles. The molecule has 1 atom stereocenters. The number of rotatable bonds is 2. The zero-order valence-corrected chi connectivity index (χ0v) is 15.2. The molecular weight excluding hydrogens is 382 g/mol.